The molecular formula is C28H25N5O3. The van der Waals surface area contributed by atoms with Crippen LogP contribution in [0.15, 0.2) is 82.0 Å². The van der Waals surface area contributed by atoms with Crippen LogP contribution >= 0.6 is 0 Å². The molecule has 0 spiro atoms. The van der Waals surface area contributed by atoms with Crippen LogP contribution in [0.2, 0.25) is 0 Å². The molecule has 2 aromatic heterocycles. The van der Waals surface area contributed by atoms with Crippen molar-refractivity contribution in [3.8, 4) is 22.9 Å². The van der Waals surface area contributed by atoms with E-state index in [1.54, 1.807) is 12.1 Å². The van der Waals surface area contributed by atoms with Crippen LogP contribution in [0.1, 0.15) is 34.8 Å². The number of nitrogens with zero attached hydrogens (tertiary/aromatic N) is 4. The van der Waals surface area contributed by atoms with Crippen LogP contribution in [0.25, 0.3) is 33.9 Å². The Bertz CT molecular complexity index is 1600. The zero-order valence-corrected chi connectivity index (χ0v) is 19.8. The lowest BCUT2D eigenvalue weighted by molar-refractivity contribution is 0.0695. The maximum atomic E-state index is 13.1. The third-order valence-electron chi connectivity index (χ3n) is 6.81. The van der Waals surface area contributed by atoms with Gasteiger partial charge in [0.2, 0.25) is 11.8 Å². The summed E-state index contributed by atoms with van der Waals surface area (Å²) in [6.07, 6.45) is 1.46. The number of likely N-dealkylation sites (tertiary alicyclic amines) is 1. The summed E-state index contributed by atoms with van der Waals surface area (Å²) in [4.78, 5) is 30.5. The van der Waals surface area contributed by atoms with Gasteiger partial charge in [0.25, 0.3) is 5.91 Å². The molecule has 3 heterocycles. The molecular weight excluding hydrogens is 454 g/mol. The summed E-state index contributed by atoms with van der Waals surface area (Å²) < 4.78 is 7.70. The number of carbonyl (C=O) groups is 1. The molecule has 0 bridgehead atoms. The summed E-state index contributed by atoms with van der Waals surface area (Å²) >= 11 is 0. The number of imidazole rings is 1. The molecule has 0 aliphatic carbocycles. The molecule has 3 aromatic carbocycles. The minimum absolute atomic E-state index is 0.0164. The van der Waals surface area contributed by atoms with Gasteiger partial charge in [0.05, 0.1) is 11.0 Å². The smallest absolute Gasteiger partial charge is 0.326 e. The molecule has 1 aliphatic rings. The monoisotopic (exact) mass is 479 g/mol. The molecule has 36 heavy (non-hydrogen) atoms. The Morgan fingerprint density at radius 2 is 1.64 bits per heavy atom. The Balaban J connectivity index is 1.13. The first kappa shape index (κ1) is 22.0. The quantitative estimate of drug-likeness (QED) is 0.398. The summed E-state index contributed by atoms with van der Waals surface area (Å²) in [5.74, 6) is 0.860. The lowest BCUT2D eigenvalue weighted by Gasteiger charge is -2.32. The topological polar surface area (TPSA) is 97.0 Å². The van der Waals surface area contributed by atoms with E-state index >= 15 is 0 Å². The Kier molecular flexibility index (Phi) is 5.48. The van der Waals surface area contributed by atoms with E-state index in [0.717, 1.165) is 40.6 Å². The van der Waals surface area contributed by atoms with Crippen molar-refractivity contribution in [3.63, 3.8) is 0 Å². The maximum Gasteiger partial charge on any atom is 0.326 e. The van der Waals surface area contributed by atoms with Crippen molar-refractivity contribution in [2.75, 3.05) is 13.1 Å². The summed E-state index contributed by atoms with van der Waals surface area (Å²) in [5.41, 5.74) is 5.02. The number of fused-ring (bicyclic) bond motifs is 1. The molecule has 1 fully saturated rings. The first-order valence-electron chi connectivity index (χ1n) is 12.1. The number of carbonyl (C=O) groups excluding carboxylic acids is 1. The van der Waals surface area contributed by atoms with Gasteiger partial charge < -0.3 is 14.3 Å². The van der Waals surface area contributed by atoms with Gasteiger partial charge in [0.1, 0.15) is 0 Å². The molecule has 5 aromatic rings. The number of benzene rings is 3. The Morgan fingerprint density at radius 1 is 0.917 bits per heavy atom. The highest BCUT2D eigenvalue weighted by atomic mass is 16.4. The lowest BCUT2D eigenvalue weighted by Crippen LogP contribution is -2.40. The lowest BCUT2D eigenvalue weighted by atomic mass is 10.0. The first-order valence-corrected chi connectivity index (χ1v) is 12.1. The molecule has 0 radical (unpaired) electrons. The highest BCUT2D eigenvalue weighted by Gasteiger charge is 2.26. The van der Waals surface area contributed by atoms with Crippen molar-refractivity contribution in [1.82, 2.24) is 24.6 Å². The average Bonchev–Trinajstić information content (AvgIpc) is 3.53. The third kappa shape index (κ3) is 4.00. The van der Waals surface area contributed by atoms with E-state index in [2.05, 4.69) is 15.2 Å². The van der Waals surface area contributed by atoms with Crippen LogP contribution in [0, 0.1) is 6.92 Å². The van der Waals surface area contributed by atoms with Crippen molar-refractivity contribution < 1.29 is 9.21 Å². The number of rotatable bonds is 4. The average molecular weight is 480 g/mol. The second-order valence-corrected chi connectivity index (χ2v) is 9.20. The van der Waals surface area contributed by atoms with E-state index in [9.17, 15) is 9.59 Å². The molecule has 1 amide bonds. The Labute approximate surface area is 207 Å². The molecule has 1 aliphatic heterocycles. The molecule has 180 valence electrons. The van der Waals surface area contributed by atoms with E-state index in [1.807, 2.05) is 77.1 Å². The SMILES string of the molecule is Cc1cccc(-c2nnc(-c3ccc(C(=O)N4CCC(n5c(=O)[nH]c6ccccc65)CC4)cc3)o2)c1. The molecule has 8 nitrogen and oxygen atoms in total. The number of aromatic amines is 1. The van der Waals surface area contributed by atoms with Gasteiger partial charge in [0, 0.05) is 35.8 Å². The molecule has 0 atom stereocenters. The summed E-state index contributed by atoms with van der Waals surface area (Å²) in [6, 6.07) is 22.9. The largest absolute Gasteiger partial charge is 0.416 e. The van der Waals surface area contributed by atoms with Gasteiger partial charge in [-0.2, -0.15) is 0 Å². The predicted octanol–water partition coefficient (Wildman–Crippen LogP) is 4.83. The Morgan fingerprint density at radius 3 is 2.39 bits per heavy atom. The number of hydrogen-bond donors (Lipinski definition) is 1. The second-order valence-electron chi connectivity index (χ2n) is 9.20. The zero-order valence-electron chi connectivity index (χ0n) is 19.8. The van der Waals surface area contributed by atoms with Gasteiger partial charge in [-0.15, -0.1) is 10.2 Å². The fourth-order valence-corrected chi connectivity index (χ4v) is 4.94. The highest BCUT2D eigenvalue weighted by molar-refractivity contribution is 5.94. The number of piperidine rings is 1. The highest BCUT2D eigenvalue weighted by Crippen LogP contribution is 2.27. The van der Waals surface area contributed by atoms with Gasteiger partial charge in [-0.3, -0.25) is 9.36 Å². The number of H-pyrrole nitrogens is 1. The first-order chi connectivity index (χ1) is 17.6. The van der Waals surface area contributed by atoms with Gasteiger partial charge in [-0.1, -0.05) is 29.8 Å². The normalized spacial score (nSPS) is 14.4. The summed E-state index contributed by atoms with van der Waals surface area (Å²) in [5, 5.41) is 8.35. The zero-order chi connectivity index (χ0) is 24.6. The number of amides is 1. The molecule has 1 saturated heterocycles. The van der Waals surface area contributed by atoms with Gasteiger partial charge >= 0.3 is 5.69 Å². The maximum absolute atomic E-state index is 13.1. The molecule has 6 rings (SSSR count). The van der Waals surface area contributed by atoms with Crippen molar-refractivity contribution in [3.05, 3.63) is 94.4 Å². The van der Waals surface area contributed by atoms with Crippen molar-refractivity contribution in [2.24, 2.45) is 0 Å². The number of para-hydroxylation sites is 2. The number of aromatic nitrogens is 4. The predicted molar refractivity (Wildman–Crippen MR) is 137 cm³/mol. The third-order valence-corrected chi connectivity index (χ3v) is 6.81. The fourth-order valence-electron chi connectivity index (χ4n) is 4.94. The van der Waals surface area contributed by atoms with Crippen LogP contribution in [0.5, 0.6) is 0 Å². The number of hydrogen-bond acceptors (Lipinski definition) is 5. The molecule has 0 saturated carbocycles. The summed E-state index contributed by atoms with van der Waals surface area (Å²) in [6.45, 7) is 3.21. The van der Waals surface area contributed by atoms with E-state index in [0.29, 0.717) is 30.4 Å². The van der Waals surface area contributed by atoms with Crippen LogP contribution in [-0.4, -0.2) is 43.6 Å². The standard InChI is InChI=1S/C28H25N5O3/c1-18-5-4-6-21(17-18)26-31-30-25(36-26)19-9-11-20(12-10-19)27(34)32-15-13-22(14-16-32)33-24-8-3-2-7-23(24)29-28(33)35/h2-12,17,22H,13-16H2,1H3,(H,29,35). The van der Waals surface area contributed by atoms with E-state index in [-0.39, 0.29) is 17.6 Å². The van der Waals surface area contributed by atoms with E-state index in [4.69, 9.17) is 4.42 Å². The summed E-state index contributed by atoms with van der Waals surface area (Å²) in [7, 11) is 0. The van der Waals surface area contributed by atoms with Crippen molar-refractivity contribution >= 4 is 16.9 Å². The Hall–Kier alpha value is -4.46. The van der Waals surface area contributed by atoms with Crippen LogP contribution in [-0.2, 0) is 0 Å². The minimum Gasteiger partial charge on any atom is -0.416 e. The van der Waals surface area contributed by atoms with E-state index < -0.39 is 0 Å². The van der Waals surface area contributed by atoms with Crippen LogP contribution in [0.3, 0.4) is 0 Å². The van der Waals surface area contributed by atoms with Crippen LogP contribution in [0.4, 0.5) is 0 Å². The van der Waals surface area contributed by atoms with Crippen LogP contribution < -0.4 is 5.69 Å². The second kappa shape index (κ2) is 8.96. The van der Waals surface area contributed by atoms with Crippen molar-refractivity contribution in [1.29, 1.82) is 0 Å². The van der Waals surface area contributed by atoms with Crippen molar-refractivity contribution in [2.45, 2.75) is 25.8 Å². The molecule has 1 N–H and O–H groups in total. The number of nitrogens with one attached hydrogen (secondary N) is 1. The fraction of sp³-hybridized carbons (Fsp3) is 0.214. The van der Waals surface area contributed by atoms with E-state index in [1.165, 1.54) is 0 Å². The van der Waals surface area contributed by atoms with Gasteiger partial charge in [0.15, 0.2) is 0 Å². The molecule has 8 heteroatoms. The van der Waals surface area contributed by atoms with Gasteiger partial charge in [-0.05, 0) is 68.3 Å². The number of aryl methyl sites for hydroxylation is 1. The van der Waals surface area contributed by atoms with Gasteiger partial charge in [-0.25, -0.2) is 4.79 Å². The molecule has 0 unspecified atom stereocenters. The minimum atomic E-state index is -0.0943.